The van der Waals surface area contributed by atoms with Gasteiger partial charge in [-0.05, 0) is 79.6 Å². The first-order valence-corrected chi connectivity index (χ1v) is 14.1. The molecule has 3 aromatic rings. The number of amides is 1. The molecule has 2 N–H and O–H groups in total. The quantitative estimate of drug-likeness (QED) is 0.278. The van der Waals surface area contributed by atoms with E-state index < -0.39 is 17.6 Å². The molecule has 2 aromatic carbocycles. The van der Waals surface area contributed by atoms with Gasteiger partial charge in [-0.25, -0.2) is 0 Å². The van der Waals surface area contributed by atoms with Gasteiger partial charge in [-0.1, -0.05) is 6.08 Å². The van der Waals surface area contributed by atoms with Crippen LogP contribution in [0.3, 0.4) is 0 Å². The predicted molar refractivity (Wildman–Crippen MR) is 155 cm³/mol. The van der Waals surface area contributed by atoms with E-state index >= 15 is 0 Å². The van der Waals surface area contributed by atoms with Gasteiger partial charge in [-0.3, -0.25) is 4.79 Å². The summed E-state index contributed by atoms with van der Waals surface area (Å²) < 4.78 is 50.4. The number of halogens is 3. The van der Waals surface area contributed by atoms with Gasteiger partial charge >= 0.3 is 6.18 Å². The zero-order chi connectivity index (χ0) is 30.1. The predicted octanol–water partition coefficient (Wildman–Crippen LogP) is 5.42. The lowest BCUT2D eigenvalue weighted by Crippen LogP contribution is -2.47. The van der Waals surface area contributed by atoms with Crippen LogP contribution in [0.15, 0.2) is 49.3 Å². The van der Waals surface area contributed by atoms with E-state index in [0.717, 1.165) is 36.3 Å². The van der Waals surface area contributed by atoms with Crippen LogP contribution in [0.2, 0.25) is 0 Å². The number of alkyl halides is 3. The molecule has 0 unspecified atom stereocenters. The first kappa shape index (κ1) is 29.8. The highest BCUT2D eigenvalue weighted by Gasteiger charge is 2.41. The maximum Gasteiger partial charge on any atom is 0.416 e. The molecule has 1 aliphatic heterocycles. The average Bonchev–Trinajstić information content (AvgIpc) is 3.50. The van der Waals surface area contributed by atoms with Gasteiger partial charge in [0, 0.05) is 56.1 Å². The Bertz CT molecular complexity index is 1460. The molecule has 0 radical (unpaired) electrons. The Morgan fingerprint density at radius 1 is 1.17 bits per heavy atom. The van der Waals surface area contributed by atoms with Crippen LogP contribution in [-0.4, -0.2) is 46.0 Å². The van der Waals surface area contributed by atoms with Gasteiger partial charge in [0.2, 0.25) is 0 Å². The molecule has 1 amide bonds. The summed E-state index contributed by atoms with van der Waals surface area (Å²) in [5.74, 6) is 0.325. The van der Waals surface area contributed by atoms with E-state index in [-0.39, 0.29) is 35.9 Å². The van der Waals surface area contributed by atoms with E-state index in [4.69, 9.17) is 4.74 Å². The van der Waals surface area contributed by atoms with Crippen LogP contribution >= 0.6 is 0 Å². The zero-order valence-electron chi connectivity index (χ0n) is 24.2. The topological polar surface area (TPSA) is 84.3 Å². The second-order valence-electron chi connectivity index (χ2n) is 11.5. The van der Waals surface area contributed by atoms with Gasteiger partial charge in [0.15, 0.2) is 0 Å². The van der Waals surface area contributed by atoms with Crippen molar-refractivity contribution in [2.75, 3.05) is 23.9 Å². The number of aryl methyl sites for hydroxylation is 1. The van der Waals surface area contributed by atoms with E-state index in [9.17, 15) is 18.0 Å². The molecule has 5 rings (SSSR count). The van der Waals surface area contributed by atoms with Gasteiger partial charge in [0.05, 0.1) is 18.2 Å². The Morgan fingerprint density at radius 3 is 2.57 bits per heavy atom. The van der Waals surface area contributed by atoms with Crippen molar-refractivity contribution < 1.29 is 22.7 Å². The number of carbonyl (C=O) groups is 1. The molecular weight excluding hydrogens is 545 g/mol. The van der Waals surface area contributed by atoms with Gasteiger partial charge in [-0.15, -0.1) is 16.8 Å². The van der Waals surface area contributed by atoms with Crippen molar-refractivity contribution in [2.45, 2.75) is 69.9 Å². The number of aromatic nitrogens is 3. The number of ether oxygens (including phenoxy) is 1. The number of hydrogen-bond donors (Lipinski definition) is 2. The molecule has 2 heterocycles. The summed E-state index contributed by atoms with van der Waals surface area (Å²) in [7, 11) is 3.49. The van der Waals surface area contributed by atoms with E-state index in [0.29, 0.717) is 30.6 Å². The summed E-state index contributed by atoms with van der Waals surface area (Å²) in [6.07, 6.45) is 2.61. The van der Waals surface area contributed by atoms with Crippen molar-refractivity contribution in [2.24, 2.45) is 7.05 Å². The minimum absolute atomic E-state index is 0.00848. The third-order valence-corrected chi connectivity index (χ3v) is 8.34. The number of methoxy groups -OCH3 is 1. The highest BCUT2D eigenvalue weighted by atomic mass is 19.4. The molecule has 0 spiro atoms. The summed E-state index contributed by atoms with van der Waals surface area (Å²) in [4.78, 5) is 15.1. The Balaban J connectivity index is 1.45. The SMILES string of the molecule is C=CCNc1cc(C[C@H](Cc2nncn2C)OC)cc(N2Cc3c(cc(CNC4(C)CCC4)cc3C(F)(F)F)C2=O)c1. The molecule has 2 aliphatic rings. The first-order valence-electron chi connectivity index (χ1n) is 14.1. The van der Waals surface area contributed by atoms with Crippen LogP contribution in [0, 0.1) is 0 Å². The fraction of sp³-hybridized carbons (Fsp3) is 0.452. The number of nitrogens with zero attached hydrogens (tertiary/aromatic N) is 4. The molecule has 0 bridgehead atoms. The molecule has 0 saturated heterocycles. The number of anilines is 2. The number of fused-ring (bicyclic) bond motifs is 1. The van der Waals surface area contributed by atoms with Crippen molar-refractivity contribution in [1.29, 1.82) is 0 Å². The van der Waals surface area contributed by atoms with E-state index in [1.807, 2.05) is 23.7 Å². The maximum atomic E-state index is 14.3. The molecular formula is C31H37F3N6O2. The Hall–Kier alpha value is -3.70. The second kappa shape index (κ2) is 11.9. The number of hydrogen-bond acceptors (Lipinski definition) is 6. The summed E-state index contributed by atoms with van der Waals surface area (Å²) >= 11 is 0. The molecule has 42 heavy (non-hydrogen) atoms. The zero-order valence-corrected chi connectivity index (χ0v) is 24.2. The van der Waals surface area contributed by atoms with E-state index in [1.54, 1.807) is 31.6 Å². The number of rotatable bonds is 12. The largest absolute Gasteiger partial charge is 0.416 e. The molecule has 1 saturated carbocycles. The van der Waals surface area contributed by atoms with Crippen molar-refractivity contribution in [3.8, 4) is 0 Å². The second-order valence-corrected chi connectivity index (χ2v) is 11.5. The molecule has 1 aromatic heterocycles. The molecule has 224 valence electrons. The molecule has 1 fully saturated rings. The van der Waals surface area contributed by atoms with Crippen LogP contribution in [0.4, 0.5) is 24.5 Å². The van der Waals surface area contributed by atoms with Crippen LogP contribution in [-0.2, 0) is 43.9 Å². The van der Waals surface area contributed by atoms with Gasteiger partial charge in [0.1, 0.15) is 12.2 Å². The van der Waals surface area contributed by atoms with Gasteiger partial charge in [-0.2, -0.15) is 13.2 Å². The Kier molecular flexibility index (Phi) is 8.43. The fourth-order valence-electron chi connectivity index (χ4n) is 5.67. The highest BCUT2D eigenvalue weighted by Crippen LogP contribution is 2.40. The Morgan fingerprint density at radius 2 is 1.95 bits per heavy atom. The van der Waals surface area contributed by atoms with E-state index in [1.165, 1.54) is 11.0 Å². The van der Waals surface area contributed by atoms with Crippen molar-refractivity contribution in [3.05, 3.63) is 83.0 Å². The van der Waals surface area contributed by atoms with Crippen molar-refractivity contribution in [3.63, 3.8) is 0 Å². The lowest BCUT2D eigenvalue weighted by Gasteiger charge is -2.39. The fourth-order valence-corrected chi connectivity index (χ4v) is 5.67. The third-order valence-electron chi connectivity index (χ3n) is 8.34. The van der Waals surface area contributed by atoms with E-state index in [2.05, 4.69) is 34.3 Å². The van der Waals surface area contributed by atoms with Crippen LogP contribution < -0.4 is 15.5 Å². The average molecular weight is 583 g/mol. The number of carbonyl (C=O) groups excluding carboxylic acids is 1. The molecule has 11 heteroatoms. The lowest BCUT2D eigenvalue weighted by molar-refractivity contribution is -0.138. The summed E-state index contributed by atoms with van der Waals surface area (Å²) in [5.41, 5.74) is 1.85. The summed E-state index contributed by atoms with van der Waals surface area (Å²) in [6, 6.07) is 8.39. The monoisotopic (exact) mass is 582 g/mol. The smallest absolute Gasteiger partial charge is 0.382 e. The third kappa shape index (κ3) is 6.37. The van der Waals surface area contributed by atoms with Crippen LogP contribution in [0.25, 0.3) is 0 Å². The minimum atomic E-state index is -4.58. The highest BCUT2D eigenvalue weighted by molar-refractivity contribution is 6.10. The minimum Gasteiger partial charge on any atom is -0.382 e. The first-order chi connectivity index (χ1) is 20.0. The standard InChI is InChI=1S/C31H37F3N6O2/c1-5-9-35-22-10-20(12-24(42-4)16-28-38-37-19-39(28)3)11-23(15-22)40-18-26-25(29(40)41)13-21(14-27(26)31(32,33)34)17-36-30(2)7-6-8-30/h5,10-11,13-15,19,24,35-36H,1,6-9,12,16-18H2,2-4H3/t24-/m1/s1. The summed E-state index contributed by atoms with van der Waals surface area (Å²) in [6.45, 7) is 6.43. The van der Waals surface area contributed by atoms with Crippen LogP contribution in [0.1, 0.15) is 64.6 Å². The number of nitrogens with one attached hydrogen (secondary N) is 2. The summed E-state index contributed by atoms with van der Waals surface area (Å²) in [5, 5.41) is 14.7. The lowest BCUT2D eigenvalue weighted by atomic mass is 9.78. The molecule has 1 atom stereocenters. The van der Waals surface area contributed by atoms with Crippen LogP contribution in [0.5, 0.6) is 0 Å². The van der Waals surface area contributed by atoms with Gasteiger partial charge < -0.3 is 24.8 Å². The van der Waals surface area contributed by atoms with Crippen molar-refractivity contribution >= 4 is 17.3 Å². The molecule has 1 aliphatic carbocycles. The maximum absolute atomic E-state index is 14.3. The molecule has 8 nitrogen and oxygen atoms in total. The van der Waals surface area contributed by atoms with Gasteiger partial charge in [0.25, 0.3) is 5.91 Å². The Labute approximate surface area is 244 Å². The van der Waals surface area contributed by atoms with Crippen molar-refractivity contribution in [1.82, 2.24) is 20.1 Å². The number of benzene rings is 2. The normalized spacial score (nSPS) is 16.7.